The summed E-state index contributed by atoms with van der Waals surface area (Å²) in [6.07, 6.45) is 4.97. The van der Waals surface area contributed by atoms with Crippen LogP contribution in [0.15, 0.2) is 72.1 Å². The zero-order valence-electron chi connectivity index (χ0n) is 15.3. The summed E-state index contributed by atoms with van der Waals surface area (Å²) in [4.78, 5) is 1.52. The molecule has 1 aromatic heterocycles. The van der Waals surface area contributed by atoms with Crippen molar-refractivity contribution in [3.63, 3.8) is 0 Å². The van der Waals surface area contributed by atoms with Crippen LogP contribution in [0.3, 0.4) is 0 Å². The summed E-state index contributed by atoms with van der Waals surface area (Å²) < 4.78 is 0. The van der Waals surface area contributed by atoms with E-state index in [0.29, 0.717) is 0 Å². The molecular formula is C24H28S. The molecule has 2 unspecified atom stereocenters. The minimum atomic E-state index is 0.723. The van der Waals surface area contributed by atoms with Crippen LogP contribution in [0.1, 0.15) is 37.1 Å². The lowest BCUT2D eigenvalue weighted by Gasteiger charge is -2.23. The molecule has 3 rings (SSSR count). The van der Waals surface area contributed by atoms with Crippen LogP contribution in [-0.2, 0) is 12.8 Å². The molecule has 0 aliphatic heterocycles. The Morgan fingerprint density at radius 2 is 1.52 bits per heavy atom. The molecule has 2 aromatic carbocycles. The highest BCUT2D eigenvalue weighted by molar-refractivity contribution is 7.09. The monoisotopic (exact) mass is 348 g/mol. The quantitative estimate of drug-likeness (QED) is 0.402. The fraction of sp³-hybridized carbons (Fsp3) is 0.333. The van der Waals surface area contributed by atoms with Crippen LogP contribution in [0, 0.1) is 11.8 Å². The van der Waals surface area contributed by atoms with Crippen LogP contribution in [0.4, 0.5) is 0 Å². The largest absolute Gasteiger partial charge is 0.149 e. The fourth-order valence-electron chi connectivity index (χ4n) is 3.62. The van der Waals surface area contributed by atoms with Gasteiger partial charge in [-0.25, -0.2) is 0 Å². The Hall–Kier alpha value is -1.86. The first-order valence-electron chi connectivity index (χ1n) is 9.43. The molecule has 1 heteroatoms. The Kier molecular flexibility index (Phi) is 6.47. The lowest BCUT2D eigenvalue weighted by Crippen LogP contribution is -2.17. The SMILES string of the molecule is CCCC(C)C(Cc1ccc(-c2ccccc2)cc1)Cc1cccs1. The van der Waals surface area contributed by atoms with Gasteiger partial charge in [0.15, 0.2) is 0 Å². The molecule has 0 aliphatic carbocycles. The van der Waals surface area contributed by atoms with Gasteiger partial charge in [-0.2, -0.15) is 0 Å². The summed E-state index contributed by atoms with van der Waals surface area (Å²) in [6.45, 7) is 4.73. The predicted molar refractivity (Wildman–Crippen MR) is 111 cm³/mol. The molecule has 130 valence electrons. The third-order valence-electron chi connectivity index (χ3n) is 5.15. The van der Waals surface area contributed by atoms with Gasteiger partial charge in [-0.15, -0.1) is 11.3 Å². The molecule has 0 aliphatic rings. The molecule has 0 bridgehead atoms. The second-order valence-electron chi connectivity index (χ2n) is 7.08. The maximum absolute atomic E-state index is 2.43. The van der Waals surface area contributed by atoms with Crippen LogP contribution in [0.25, 0.3) is 11.1 Å². The molecule has 1 heterocycles. The highest BCUT2D eigenvalue weighted by atomic mass is 32.1. The van der Waals surface area contributed by atoms with Crippen molar-refractivity contribution in [3.05, 3.63) is 82.6 Å². The lowest BCUT2D eigenvalue weighted by atomic mass is 9.82. The van der Waals surface area contributed by atoms with Gasteiger partial charge in [0, 0.05) is 4.88 Å². The van der Waals surface area contributed by atoms with E-state index in [4.69, 9.17) is 0 Å². The average Bonchev–Trinajstić information content (AvgIpc) is 3.16. The number of benzene rings is 2. The van der Waals surface area contributed by atoms with E-state index in [9.17, 15) is 0 Å². The van der Waals surface area contributed by atoms with E-state index in [0.717, 1.165) is 11.8 Å². The van der Waals surface area contributed by atoms with Crippen LogP contribution < -0.4 is 0 Å². The summed E-state index contributed by atoms with van der Waals surface area (Å²) in [7, 11) is 0. The summed E-state index contributed by atoms with van der Waals surface area (Å²) in [5.74, 6) is 1.49. The van der Waals surface area contributed by atoms with Gasteiger partial charge < -0.3 is 0 Å². The minimum absolute atomic E-state index is 0.723. The highest BCUT2D eigenvalue weighted by Crippen LogP contribution is 2.28. The van der Waals surface area contributed by atoms with Crippen LogP contribution in [-0.4, -0.2) is 0 Å². The summed E-state index contributed by atoms with van der Waals surface area (Å²) in [6, 6.07) is 24.3. The van der Waals surface area contributed by atoms with E-state index in [1.165, 1.54) is 47.3 Å². The first-order valence-corrected chi connectivity index (χ1v) is 10.3. The van der Waals surface area contributed by atoms with Crippen molar-refractivity contribution < 1.29 is 0 Å². The Morgan fingerprint density at radius 3 is 2.16 bits per heavy atom. The predicted octanol–water partition coefficient (Wildman–Crippen LogP) is 7.25. The standard InChI is InChI=1S/C24H28S/c1-3-8-19(2)23(18-24-11-7-16-25-24)17-20-12-14-22(15-13-20)21-9-5-4-6-10-21/h4-7,9-16,19,23H,3,8,17-18H2,1-2H3. The summed E-state index contributed by atoms with van der Waals surface area (Å²) >= 11 is 1.90. The summed E-state index contributed by atoms with van der Waals surface area (Å²) in [5, 5.41) is 2.20. The first kappa shape index (κ1) is 17.9. The van der Waals surface area contributed by atoms with Crippen LogP contribution in [0.5, 0.6) is 0 Å². The normalized spacial score (nSPS) is 13.5. The second kappa shape index (κ2) is 9.01. The second-order valence-corrected chi connectivity index (χ2v) is 8.11. The molecule has 0 amide bonds. The molecule has 0 radical (unpaired) electrons. The molecule has 3 aromatic rings. The lowest BCUT2D eigenvalue weighted by molar-refractivity contribution is 0.332. The smallest absolute Gasteiger partial charge is 0.00481 e. The third-order valence-corrected chi connectivity index (χ3v) is 6.05. The van der Waals surface area contributed by atoms with E-state index in [1.54, 1.807) is 0 Å². The number of rotatable bonds is 8. The van der Waals surface area contributed by atoms with Gasteiger partial charge in [0.25, 0.3) is 0 Å². The molecule has 0 saturated heterocycles. The van der Waals surface area contributed by atoms with E-state index < -0.39 is 0 Å². The fourth-order valence-corrected chi connectivity index (χ4v) is 4.42. The molecule has 0 nitrogen and oxygen atoms in total. The van der Waals surface area contributed by atoms with Gasteiger partial charge in [-0.3, -0.25) is 0 Å². The summed E-state index contributed by atoms with van der Waals surface area (Å²) in [5.41, 5.74) is 4.06. The van der Waals surface area contributed by atoms with Crippen molar-refractivity contribution in [2.75, 3.05) is 0 Å². The first-order chi connectivity index (χ1) is 12.3. The topological polar surface area (TPSA) is 0 Å². The van der Waals surface area contributed by atoms with Crippen LogP contribution in [0.2, 0.25) is 0 Å². The maximum atomic E-state index is 2.43. The zero-order valence-corrected chi connectivity index (χ0v) is 16.1. The van der Waals surface area contributed by atoms with Gasteiger partial charge in [-0.1, -0.05) is 87.4 Å². The van der Waals surface area contributed by atoms with Crippen molar-refractivity contribution in [2.24, 2.45) is 11.8 Å². The van der Waals surface area contributed by atoms with Gasteiger partial charge in [0.1, 0.15) is 0 Å². The molecule has 0 N–H and O–H groups in total. The van der Waals surface area contributed by atoms with E-state index in [1.807, 2.05) is 11.3 Å². The Morgan fingerprint density at radius 1 is 0.800 bits per heavy atom. The van der Waals surface area contributed by atoms with E-state index in [2.05, 4.69) is 86.0 Å². The Bertz CT molecular complexity index is 726. The van der Waals surface area contributed by atoms with Crippen molar-refractivity contribution in [3.8, 4) is 11.1 Å². The van der Waals surface area contributed by atoms with E-state index >= 15 is 0 Å². The van der Waals surface area contributed by atoms with Crippen molar-refractivity contribution in [1.82, 2.24) is 0 Å². The van der Waals surface area contributed by atoms with Crippen molar-refractivity contribution in [2.45, 2.75) is 39.5 Å². The Labute approximate surface area is 156 Å². The molecule has 0 fully saturated rings. The van der Waals surface area contributed by atoms with Crippen LogP contribution >= 0.6 is 11.3 Å². The zero-order chi connectivity index (χ0) is 17.5. The van der Waals surface area contributed by atoms with Gasteiger partial charge in [-0.05, 0) is 52.8 Å². The van der Waals surface area contributed by atoms with E-state index in [-0.39, 0.29) is 0 Å². The molecule has 25 heavy (non-hydrogen) atoms. The van der Waals surface area contributed by atoms with Gasteiger partial charge >= 0.3 is 0 Å². The van der Waals surface area contributed by atoms with Crippen molar-refractivity contribution in [1.29, 1.82) is 0 Å². The Balaban J connectivity index is 1.72. The molecule has 0 spiro atoms. The average molecular weight is 349 g/mol. The maximum Gasteiger partial charge on any atom is 0.00481 e. The van der Waals surface area contributed by atoms with Crippen molar-refractivity contribution >= 4 is 11.3 Å². The molecule has 0 saturated carbocycles. The molecule has 2 atom stereocenters. The number of thiophene rings is 1. The van der Waals surface area contributed by atoms with Gasteiger partial charge in [0.05, 0.1) is 0 Å². The number of hydrogen-bond acceptors (Lipinski definition) is 1. The number of hydrogen-bond donors (Lipinski definition) is 0. The highest BCUT2D eigenvalue weighted by Gasteiger charge is 2.18. The third kappa shape index (κ3) is 5.06. The molecular weight excluding hydrogens is 320 g/mol. The minimum Gasteiger partial charge on any atom is -0.149 e. The van der Waals surface area contributed by atoms with Gasteiger partial charge in [0.2, 0.25) is 0 Å².